The molecule has 9 heteroatoms. The third-order valence-corrected chi connectivity index (χ3v) is 4.13. The standard InChI is InChI=1S/C13H19N5O3S/c1-3-5-11(12(20)21-4-2)22-13-14-6-10(7-19)18(13)17-8-15-16-9-17/h6,8-9,11,19H,3-5,7H2,1-2H3. The van der Waals surface area contributed by atoms with Gasteiger partial charge in [-0.2, -0.15) is 0 Å². The lowest BCUT2D eigenvalue weighted by Crippen LogP contribution is -2.22. The second-order valence-electron chi connectivity index (χ2n) is 4.49. The Balaban J connectivity index is 2.28. The zero-order valence-electron chi connectivity index (χ0n) is 12.5. The quantitative estimate of drug-likeness (QED) is 0.573. The van der Waals surface area contributed by atoms with Crippen LogP contribution in [-0.2, 0) is 16.1 Å². The summed E-state index contributed by atoms with van der Waals surface area (Å²) in [6.45, 7) is 3.97. The predicted molar refractivity (Wildman–Crippen MR) is 80.2 cm³/mol. The fraction of sp³-hybridized carbons (Fsp3) is 0.538. The molecule has 0 fully saturated rings. The number of esters is 1. The zero-order chi connectivity index (χ0) is 15.9. The van der Waals surface area contributed by atoms with E-state index in [1.165, 1.54) is 24.4 Å². The summed E-state index contributed by atoms with van der Waals surface area (Å²) in [5.74, 6) is -0.252. The van der Waals surface area contributed by atoms with E-state index in [1.54, 1.807) is 22.5 Å². The molecule has 0 saturated heterocycles. The molecule has 1 unspecified atom stereocenters. The van der Waals surface area contributed by atoms with Crippen LogP contribution in [0, 0.1) is 0 Å². The molecule has 0 aliphatic heterocycles. The smallest absolute Gasteiger partial charge is 0.319 e. The van der Waals surface area contributed by atoms with Crippen LogP contribution in [0.3, 0.4) is 0 Å². The highest BCUT2D eigenvalue weighted by Crippen LogP contribution is 2.27. The molecule has 2 heterocycles. The Morgan fingerprint density at radius 1 is 1.41 bits per heavy atom. The van der Waals surface area contributed by atoms with E-state index in [0.717, 1.165) is 6.42 Å². The molecule has 0 radical (unpaired) electrons. The predicted octanol–water partition coefficient (Wildman–Crippen LogP) is 1.10. The molecule has 0 amide bonds. The molecule has 0 aliphatic carbocycles. The number of carbonyl (C=O) groups excluding carboxylic acids is 1. The molecule has 0 aromatic carbocycles. The van der Waals surface area contributed by atoms with Gasteiger partial charge in [-0.15, -0.1) is 10.2 Å². The third-order valence-electron chi connectivity index (χ3n) is 2.92. The van der Waals surface area contributed by atoms with Crippen molar-refractivity contribution in [3.63, 3.8) is 0 Å². The first-order valence-corrected chi connectivity index (χ1v) is 7.95. The molecular weight excluding hydrogens is 306 g/mol. The van der Waals surface area contributed by atoms with Gasteiger partial charge in [-0.25, -0.2) is 14.3 Å². The fourth-order valence-corrected chi connectivity index (χ4v) is 3.14. The van der Waals surface area contributed by atoms with Gasteiger partial charge < -0.3 is 9.84 Å². The Bertz CT molecular complexity index is 599. The van der Waals surface area contributed by atoms with Crippen LogP contribution in [-0.4, -0.2) is 47.5 Å². The molecule has 0 saturated carbocycles. The van der Waals surface area contributed by atoms with Gasteiger partial charge in [0.15, 0.2) is 5.16 Å². The number of rotatable bonds is 8. The monoisotopic (exact) mass is 325 g/mol. The van der Waals surface area contributed by atoms with Crippen molar-refractivity contribution in [2.45, 2.75) is 43.7 Å². The second kappa shape index (κ2) is 7.95. The summed E-state index contributed by atoms with van der Waals surface area (Å²) in [5, 5.41) is 17.2. The third kappa shape index (κ3) is 3.66. The van der Waals surface area contributed by atoms with Crippen molar-refractivity contribution in [1.29, 1.82) is 0 Å². The molecule has 0 aliphatic rings. The van der Waals surface area contributed by atoms with E-state index < -0.39 is 0 Å². The number of hydrogen-bond donors (Lipinski definition) is 1. The van der Waals surface area contributed by atoms with Gasteiger partial charge in [-0.3, -0.25) is 4.79 Å². The van der Waals surface area contributed by atoms with Crippen molar-refractivity contribution in [2.24, 2.45) is 0 Å². The Hall–Kier alpha value is -1.87. The minimum atomic E-state index is -0.339. The molecule has 2 rings (SSSR count). The summed E-state index contributed by atoms with van der Waals surface area (Å²) in [6, 6.07) is 0. The normalized spacial score (nSPS) is 12.3. The number of ether oxygens (including phenoxy) is 1. The van der Waals surface area contributed by atoms with Crippen LogP contribution in [0.4, 0.5) is 0 Å². The average molecular weight is 325 g/mol. The molecule has 1 atom stereocenters. The van der Waals surface area contributed by atoms with Gasteiger partial charge in [0, 0.05) is 0 Å². The highest BCUT2D eigenvalue weighted by atomic mass is 32.2. The Kier molecular flexibility index (Phi) is 5.96. The maximum atomic E-state index is 12.1. The van der Waals surface area contributed by atoms with Crippen LogP contribution >= 0.6 is 11.8 Å². The molecule has 2 aromatic heterocycles. The molecular formula is C13H19N5O3S. The Morgan fingerprint density at radius 2 is 2.14 bits per heavy atom. The number of aliphatic hydroxyl groups is 1. The van der Waals surface area contributed by atoms with Crippen molar-refractivity contribution >= 4 is 17.7 Å². The van der Waals surface area contributed by atoms with E-state index in [2.05, 4.69) is 15.2 Å². The van der Waals surface area contributed by atoms with Gasteiger partial charge in [0.2, 0.25) is 0 Å². The molecule has 0 bridgehead atoms. The summed E-state index contributed by atoms with van der Waals surface area (Å²) in [5.41, 5.74) is 0.585. The number of nitrogens with zero attached hydrogens (tertiary/aromatic N) is 5. The first-order valence-electron chi connectivity index (χ1n) is 7.07. The van der Waals surface area contributed by atoms with Gasteiger partial charge in [0.1, 0.15) is 17.9 Å². The van der Waals surface area contributed by atoms with E-state index in [4.69, 9.17) is 4.74 Å². The van der Waals surface area contributed by atoms with Crippen molar-refractivity contribution < 1.29 is 14.6 Å². The number of thioether (sulfide) groups is 1. The van der Waals surface area contributed by atoms with E-state index in [0.29, 0.717) is 23.9 Å². The van der Waals surface area contributed by atoms with Crippen LogP contribution in [0.25, 0.3) is 0 Å². The first-order chi connectivity index (χ1) is 10.7. The molecule has 2 aromatic rings. The van der Waals surface area contributed by atoms with Crippen molar-refractivity contribution in [3.8, 4) is 0 Å². The second-order valence-corrected chi connectivity index (χ2v) is 5.66. The van der Waals surface area contributed by atoms with Gasteiger partial charge in [0.05, 0.1) is 25.1 Å². The summed E-state index contributed by atoms with van der Waals surface area (Å²) < 4.78 is 8.39. The first kappa shape index (κ1) is 16.5. The minimum absolute atomic E-state index is 0.177. The van der Waals surface area contributed by atoms with Crippen molar-refractivity contribution in [3.05, 3.63) is 24.5 Å². The molecule has 120 valence electrons. The van der Waals surface area contributed by atoms with E-state index >= 15 is 0 Å². The zero-order valence-corrected chi connectivity index (χ0v) is 13.4. The maximum Gasteiger partial charge on any atom is 0.319 e. The fourth-order valence-electron chi connectivity index (χ4n) is 1.95. The van der Waals surface area contributed by atoms with Crippen LogP contribution in [0.1, 0.15) is 32.4 Å². The van der Waals surface area contributed by atoms with E-state index in [1.807, 2.05) is 6.92 Å². The lowest BCUT2D eigenvalue weighted by Gasteiger charge is -2.15. The molecule has 1 N–H and O–H groups in total. The highest BCUT2D eigenvalue weighted by molar-refractivity contribution is 8.00. The Morgan fingerprint density at radius 3 is 2.73 bits per heavy atom. The number of imidazole rings is 1. The van der Waals surface area contributed by atoms with Crippen LogP contribution < -0.4 is 0 Å². The lowest BCUT2D eigenvalue weighted by molar-refractivity contribution is -0.142. The van der Waals surface area contributed by atoms with E-state index in [-0.39, 0.29) is 17.8 Å². The van der Waals surface area contributed by atoms with E-state index in [9.17, 15) is 9.90 Å². The maximum absolute atomic E-state index is 12.1. The van der Waals surface area contributed by atoms with Crippen LogP contribution in [0.5, 0.6) is 0 Å². The number of carbonyl (C=O) groups is 1. The average Bonchev–Trinajstić information content (AvgIpc) is 3.15. The summed E-state index contributed by atoms with van der Waals surface area (Å²) >= 11 is 1.31. The topological polar surface area (TPSA) is 95.1 Å². The molecule has 0 spiro atoms. The van der Waals surface area contributed by atoms with Crippen molar-refractivity contribution in [2.75, 3.05) is 6.61 Å². The van der Waals surface area contributed by atoms with Gasteiger partial charge in [0.25, 0.3) is 0 Å². The summed E-state index contributed by atoms with van der Waals surface area (Å²) in [7, 11) is 0. The SMILES string of the molecule is CCCC(Sc1ncc(CO)n1-n1cnnc1)C(=O)OCC. The van der Waals surface area contributed by atoms with Crippen LogP contribution in [0.2, 0.25) is 0 Å². The van der Waals surface area contributed by atoms with Gasteiger partial charge >= 0.3 is 5.97 Å². The number of aliphatic hydroxyl groups excluding tert-OH is 1. The lowest BCUT2D eigenvalue weighted by atomic mass is 10.2. The molecule has 8 nitrogen and oxygen atoms in total. The summed E-state index contributed by atoms with van der Waals surface area (Å²) in [6.07, 6.45) is 6.12. The molecule has 22 heavy (non-hydrogen) atoms. The van der Waals surface area contributed by atoms with Crippen LogP contribution in [0.15, 0.2) is 24.0 Å². The van der Waals surface area contributed by atoms with Crippen molar-refractivity contribution in [1.82, 2.24) is 24.5 Å². The number of hydrogen-bond acceptors (Lipinski definition) is 7. The highest BCUT2D eigenvalue weighted by Gasteiger charge is 2.24. The van der Waals surface area contributed by atoms with Gasteiger partial charge in [-0.1, -0.05) is 25.1 Å². The minimum Gasteiger partial charge on any atom is -0.465 e. The largest absolute Gasteiger partial charge is 0.465 e. The Labute approximate surface area is 132 Å². The summed E-state index contributed by atoms with van der Waals surface area (Å²) in [4.78, 5) is 16.3. The van der Waals surface area contributed by atoms with Gasteiger partial charge in [-0.05, 0) is 13.3 Å². The number of aromatic nitrogens is 5.